The molecular formula is C17H26N2OS. The molecule has 1 saturated heterocycles. The Hall–Kier alpha value is -0.870. The average molecular weight is 306 g/mol. The molecule has 1 saturated carbocycles. The highest BCUT2D eigenvalue weighted by molar-refractivity contribution is 7.10. The minimum absolute atomic E-state index is 0.286. The van der Waals surface area contributed by atoms with Gasteiger partial charge in [-0.15, -0.1) is 11.3 Å². The zero-order chi connectivity index (χ0) is 14.7. The highest BCUT2D eigenvalue weighted by atomic mass is 32.1. The van der Waals surface area contributed by atoms with Gasteiger partial charge in [0.15, 0.2) is 0 Å². The van der Waals surface area contributed by atoms with Crippen LogP contribution in [0.4, 0.5) is 0 Å². The predicted molar refractivity (Wildman–Crippen MR) is 87.6 cm³/mol. The summed E-state index contributed by atoms with van der Waals surface area (Å²) < 4.78 is 0. The van der Waals surface area contributed by atoms with E-state index < -0.39 is 0 Å². The number of thiophene rings is 1. The van der Waals surface area contributed by atoms with Gasteiger partial charge in [-0.3, -0.25) is 9.69 Å². The summed E-state index contributed by atoms with van der Waals surface area (Å²) in [6.07, 6.45) is 8.26. The molecule has 2 aliphatic rings. The molecule has 2 atom stereocenters. The molecule has 0 N–H and O–H groups in total. The Morgan fingerprint density at radius 2 is 2.05 bits per heavy atom. The van der Waals surface area contributed by atoms with E-state index in [1.165, 1.54) is 56.5 Å². The summed E-state index contributed by atoms with van der Waals surface area (Å²) in [6, 6.07) is 5.11. The van der Waals surface area contributed by atoms with E-state index >= 15 is 0 Å². The molecule has 21 heavy (non-hydrogen) atoms. The Morgan fingerprint density at radius 1 is 1.29 bits per heavy atom. The van der Waals surface area contributed by atoms with Crippen LogP contribution >= 0.6 is 11.3 Å². The van der Waals surface area contributed by atoms with Crippen LogP contribution in [0.5, 0.6) is 0 Å². The van der Waals surface area contributed by atoms with Gasteiger partial charge in [-0.25, -0.2) is 0 Å². The third-order valence-corrected chi connectivity index (χ3v) is 5.98. The van der Waals surface area contributed by atoms with Gasteiger partial charge >= 0.3 is 0 Å². The van der Waals surface area contributed by atoms with Gasteiger partial charge in [0.05, 0.1) is 6.42 Å². The van der Waals surface area contributed by atoms with Gasteiger partial charge in [0, 0.05) is 24.0 Å². The summed E-state index contributed by atoms with van der Waals surface area (Å²) >= 11 is 1.68. The van der Waals surface area contributed by atoms with E-state index in [1.54, 1.807) is 11.3 Å². The number of likely N-dealkylation sites (N-methyl/N-ethyl adjacent to an activating group) is 1. The van der Waals surface area contributed by atoms with Gasteiger partial charge in [0.1, 0.15) is 0 Å². The maximum atomic E-state index is 12.6. The number of amides is 1. The Balaban J connectivity index is 1.65. The second kappa shape index (κ2) is 6.93. The maximum absolute atomic E-state index is 12.6. The smallest absolute Gasteiger partial charge is 0.227 e. The van der Waals surface area contributed by atoms with Crippen LogP contribution < -0.4 is 0 Å². The summed E-state index contributed by atoms with van der Waals surface area (Å²) in [6.45, 7) is 2.46. The van der Waals surface area contributed by atoms with Crippen LogP contribution in [0.1, 0.15) is 43.4 Å². The Bertz CT molecular complexity index is 453. The molecule has 2 fully saturated rings. The monoisotopic (exact) mass is 306 g/mol. The van der Waals surface area contributed by atoms with Crippen molar-refractivity contribution in [3.63, 3.8) is 0 Å². The molecule has 0 aromatic carbocycles. The second-order valence-corrected chi connectivity index (χ2v) is 7.46. The molecule has 0 bridgehead atoms. The topological polar surface area (TPSA) is 23.6 Å². The lowest BCUT2D eigenvalue weighted by Gasteiger charge is -2.42. The van der Waals surface area contributed by atoms with E-state index in [2.05, 4.69) is 21.2 Å². The first-order chi connectivity index (χ1) is 10.3. The van der Waals surface area contributed by atoms with Gasteiger partial charge in [0.25, 0.3) is 0 Å². The van der Waals surface area contributed by atoms with E-state index in [4.69, 9.17) is 0 Å². The largest absolute Gasteiger partial charge is 0.341 e. The molecule has 1 amide bonds. The number of nitrogens with zero attached hydrogens (tertiary/aromatic N) is 2. The van der Waals surface area contributed by atoms with Crippen molar-refractivity contribution in [2.75, 3.05) is 20.1 Å². The Labute approximate surface area is 131 Å². The molecule has 1 aromatic rings. The van der Waals surface area contributed by atoms with Crippen LogP contribution in [0.3, 0.4) is 0 Å². The Kier molecular flexibility index (Phi) is 4.96. The SMILES string of the molecule is CN(C(=O)Cc1cccs1)C1CCCC[C@H]1N1CCCC1. The third-order valence-electron chi connectivity index (χ3n) is 5.10. The van der Waals surface area contributed by atoms with Crippen molar-refractivity contribution in [1.82, 2.24) is 9.80 Å². The number of rotatable bonds is 4. The lowest BCUT2D eigenvalue weighted by atomic mass is 9.88. The fraction of sp³-hybridized carbons (Fsp3) is 0.706. The summed E-state index contributed by atoms with van der Waals surface area (Å²) in [4.78, 5) is 18.5. The summed E-state index contributed by atoms with van der Waals surface area (Å²) in [5, 5.41) is 2.05. The number of carbonyl (C=O) groups excluding carboxylic acids is 1. The van der Waals surface area contributed by atoms with E-state index in [0.717, 1.165) is 0 Å². The quantitative estimate of drug-likeness (QED) is 0.853. The van der Waals surface area contributed by atoms with Crippen LogP contribution in [0.15, 0.2) is 17.5 Å². The fourth-order valence-electron chi connectivity index (χ4n) is 3.91. The van der Waals surface area contributed by atoms with E-state index in [1.807, 2.05) is 13.1 Å². The van der Waals surface area contributed by atoms with Crippen molar-refractivity contribution in [3.05, 3.63) is 22.4 Å². The van der Waals surface area contributed by atoms with Crippen LogP contribution in [-0.4, -0.2) is 47.9 Å². The highest BCUT2D eigenvalue weighted by Gasteiger charge is 2.35. The van der Waals surface area contributed by atoms with Crippen molar-refractivity contribution < 1.29 is 4.79 Å². The maximum Gasteiger partial charge on any atom is 0.227 e. The van der Waals surface area contributed by atoms with Gasteiger partial charge in [-0.05, 0) is 50.2 Å². The molecule has 3 nitrogen and oxygen atoms in total. The van der Waals surface area contributed by atoms with Gasteiger partial charge in [-0.1, -0.05) is 18.9 Å². The van der Waals surface area contributed by atoms with Crippen molar-refractivity contribution in [2.24, 2.45) is 0 Å². The van der Waals surface area contributed by atoms with Gasteiger partial charge in [0.2, 0.25) is 5.91 Å². The Morgan fingerprint density at radius 3 is 2.76 bits per heavy atom. The van der Waals surface area contributed by atoms with Crippen LogP contribution in [0, 0.1) is 0 Å². The summed E-state index contributed by atoms with van der Waals surface area (Å²) in [7, 11) is 2.02. The lowest BCUT2D eigenvalue weighted by Crippen LogP contribution is -2.53. The third kappa shape index (κ3) is 3.49. The van der Waals surface area contributed by atoms with E-state index in [-0.39, 0.29) is 5.91 Å². The van der Waals surface area contributed by atoms with Crippen LogP contribution in [0.25, 0.3) is 0 Å². The normalized spacial score (nSPS) is 26.9. The van der Waals surface area contributed by atoms with Crippen LogP contribution in [-0.2, 0) is 11.2 Å². The first-order valence-electron chi connectivity index (χ1n) is 8.28. The number of hydrogen-bond donors (Lipinski definition) is 0. The molecule has 116 valence electrons. The predicted octanol–water partition coefficient (Wildman–Crippen LogP) is 3.16. The molecule has 1 aromatic heterocycles. The van der Waals surface area contributed by atoms with Crippen LogP contribution in [0.2, 0.25) is 0 Å². The van der Waals surface area contributed by atoms with Crippen molar-refractivity contribution in [2.45, 2.75) is 57.0 Å². The zero-order valence-electron chi connectivity index (χ0n) is 13.0. The standard InChI is InChI=1S/C17H26N2OS/c1-18(17(20)13-14-7-6-12-21-14)15-8-2-3-9-16(15)19-10-4-5-11-19/h6-7,12,15-16H,2-5,8-11,13H2,1H3/t15?,16-/m1/s1. The number of carbonyl (C=O) groups is 1. The second-order valence-electron chi connectivity index (χ2n) is 6.42. The summed E-state index contributed by atoms with van der Waals surface area (Å²) in [5.41, 5.74) is 0. The van der Waals surface area contributed by atoms with E-state index in [9.17, 15) is 4.79 Å². The lowest BCUT2D eigenvalue weighted by molar-refractivity contribution is -0.133. The van der Waals surface area contributed by atoms with E-state index in [0.29, 0.717) is 18.5 Å². The number of likely N-dealkylation sites (tertiary alicyclic amines) is 1. The molecule has 0 spiro atoms. The molecular weight excluding hydrogens is 280 g/mol. The minimum Gasteiger partial charge on any atom is -0.341 e. The number of hydrogen-bond acceptors (Lipinski definition) is 3. The molecule has 4 heteroatoms. The molecule has 1 aliphatic heterocycles. The zero-order valence-corrected chi connectivity index (χ0v) is 13.8. The highest BCUT2D eigenvalue weighted by Crippen LogP contribution is 2.29. The average Bonchev–Trinajstić information content (AvgIpc) is 3.19. The molecule has 2 heterocycles. The van der Waals surface area contributed by atoms with Crippen molar-refractivity contribution >= 4 is 17.2 Å². The first kappa shape index (κ1) is 15.0. The van der Waals surface area contributed by atoms with Gasteiger partial charge < -0.3 is 4.90 Å². The van der Waals surface area contributed by atoms with Gasteiger partial charge in [-0.2, -0.15) is 0 Å². The van der Waals surface area contributed by atoms with Crippen molar-refractivity contribution in [3.8, 4) is 0 Å². The molecule has 1 aliphatic carbocycles. The molecule has 0 radical (unpaired) electrons. The fourth-order valence-corrected chi connectivity index (χ4v) is 4.61. The minimum atomic E-state index is 0.286. The first-order valence-corrected chi connectivity index (χ1v) is 9.16. The molecule has 3 rings (SSSR count). The van der Waals surface area contributed by atoms with Crippen molar-refractivity contribution in [1.29, 1.82) is 0 Å². The summed E-state index contributed by atoms with van der Waals surface area (Å²) in [5.74, 6) is 0.286. The molecule has 1 unspecified atom stereocenters.